The molecule has 1 fully saturated rings. The zero-order valence-corrected chi connectivity index (χ0v) is 13.5. The molecule has 2 N–H and O–H groups in total. The number of amides is 2. The van der Waals surface area contributed by atoms with E-state index in [2.05, 4.69) is 4.74 Å². The first kappa shape index (κ1) is 18.1. The summed E-state index contributed by atoms with van der Waals surface area (Å²) >= 11 is 0. The van der Waals surface area contributed by atoms with Gasteiger partial charge >= 0.3 is 6.61 Å². The summed E-state index contributed by atoms with van der Waals surface area (Å²) in [5.74, 6) is -0.823. The summed E-state index contributed by atoms with van der Waals surface area (Å²) in [5, 5.41) is 0. The van der Waals surface area contributed by atoms with Gasteiger partial charge in [0, 0.05) is 38.6 Å². The highest BCUT2D eigenvalue weighted by molar-refractivity contribution is 5.97. The van der Waals surface area contributed by atoms with E-state index in [0.717, 1.165) is 0 Å². The summed E-state index contributed by atoms with van der Waals surface area (Å²) in [7, 11) is 0. The molecule has 1 saturated heterocycles. The molecule has 1 unspecified atom stereocenters. The largest absolute Gasteiger partial charge is 0.434 e. The fourth-order valence-electron chi connectivity index (χ4n) is 2.55. The molecule has 132 valence electrons. The number of rotatable bonds is 5. The third-order valence-electron chi connectivity index (χ3n) is 3.99. The summed E-state index contributed by atoms with van der Waals surface area (Å²) in [6, 6.07) is 5.91. The van der Waals surface area contributed by atoms with Crippen molar-refractivity contribution < 1.29 is 23.1 Å². The van der Waals surface area contributed by atoms with Crippen molar-refractivity contribution in [3.05, 3.63) is 29.8 Å². The number of benzene rings is 1. The molecule has 0 radical (unpaired) electrons. The Kier molecular flexibility index (Phi) is 6.08. The molecule has 24 heavy (non-hydrogen) atoms. The van der Waals surface area contributed by atoms with E-state index >= 15 is 0 Å². The maximum atomic E-state index is 12.5. The van der Waals surface area contributed by atoms with Crippen LogP contribution >= 0.6 is 0 Å². The van der Waals surface area contributed by atoms with E-state index in [1.807, 2.05) is 0 Å². The first-order valence-electron chi connectivity index (χ1n) is 7.76. The van der Waals surface area contributed by atoms with Gasteiger partial charge in [-0.05, 0) is 12.1 Å². The molecule has 0 saturated carbocycles. The van der Waals surface area contributed by atoms with E-state index in [4.69, 9.17) is 5.73 Å². The van der Waals surface area contributed by atoms with Crippen LogP contribution in [0.5, 0.6) is 5.75 Å². The number of nitrogens with zero attached hydrogens (tertiary/aromatic N) is 2. The van der Waals surface area contributed by atoms with Crippen LogP contribution in [0.3, 0.4) is 0 Å². The van der Waals surface area contributed by atoms with E-state index in [9.17, 15) is 18.4 Å². The van der Waals surface area contributed by atoms with Gasteiger partial charge in [0.15, 0.2) is 0 Å². The second-order valence-corrected chi connectivity index (χ2v) is 5.63. The van der Waals surface area contributed by atoms with Crippen LogP contribution < -0.4 is 10.5 Å². The molecule has 0 spiro atoms. The lowest BCUT2D eigenvalue weighted by atomic mass is 10.1. The van der Waals surface area contributed by atoms with Crippen LogP contribution in [-0.2, 0) is 4.79 Å². The van der Waals surface area contributed by atoms with Crippen LogP contribution in [0.2, 0.25) is 0 Å². The van der Waals surface area contributed by atoms with Crippen LogP contribution in [-0.4, -0.2) is 60.9 Å². The first-order chi connectivity index (χ1) is 11.4. The van der Waals surface area contributed by atoms with E-state index in [-0.39, 0.29) is 35.6 Å². The van der Waals surface area contributed by atoms with Gasteiger partial charge in [0.25, 0.3) is 5.91 Å². The van der Waals surface area contributed by atoms with Crippen LogP contribution in [0.15, 0.2) is 24.3 Å². The molecule has 6 nitrogen and oxygen atoms in total. The summed E-state index contributed by atoms with van der Waals surface area (Å²) in [6.45, 7) is 0.509. The van der Waals surface area contributed by atoms with E-state index in [0.29, 0.717) is 26.2 Å². The number of nitrogens with two attached hydrogens (primary N) is 1. The van der Waals surface area contributed by atoms with E-state index in [1.54, 1.807) is 17.9 Å². The molecule has 1 atom stereocenters. The van der Waals surface area contributed by atoms with Crippen molar-refractivity contribution in [2.75, 3.05) is 32.7 Å². The number of halogens is 2. The van der Waals surface area contributed by atoms with Crippen molar-refractivity contribution in [2.45, 2.75) is 13.5 Å². The summed E-state index contributed by atoms with van der Waals surface area (Å²) in [6.07, 6.45) is 0. The number of carbonyl (C=O) groups is 2. The third-order valence-corrected chi connectivity index (χ3v) is 3.99. The zero-order chi connectivity index (χ0) is 17.7. The minimum absolute atomic E-state index is 0.0361. The van der Waals surface area contributed by atoms with Crippen molar-refractivity contribution in [2.24, 2.45) is 11.7 Å². The smallest absolute Gasteiger partial charge is 0.387 e. The molecule has 2 amide bonds. The van der Waals surface area contributed by atoms with Crippen molar-refractivity contribution in [3.8, 4) is 5.75 Å². The fraction of sp³-hybridized carbons (Fsp3) is 0.500. The Bertz CT molecular complexity index is 590. The van der Waals surface area contributed by atoms with Crippen molar-refractivity contribution in [1.29, 1.82) is 0 Å². The molecule has 0 bridgehead atoms. The highest BCUT2D eigenvalue weighted by Crippen LogP contribution is 2.22. The normalized spacial score (nSPS) is 16.2. The summed E-state index contributed by atoms with van der Waals surface area (Å²) in [5.41, 5.74) is 5.59. The maximum absolute atomic E-state index is 12.5. The maximum Gasteiger partial charge on any atom is 0.387 e. The quantitative estimate of drug-likeness (QED) is 0.872. The Labute approximate surface area is 139 Å². The summed E-state index contributed by atoms with van der Waals surface area (Å²) in [4.78, 5) is 27.8. The number of piperazine rings is 1. The van der Waals surface area contributed by atoms with Gasteiger partial charge in [-0.2, -0.15) is 8.78 Å². The molecule has 1 aliphatic rings. The molecule has 1 heterocycles. The Morgan fingerprint density at radius 2 is 1.75 bits per heavy atom. The Morgan fingerprint density at radius 3 is 2.33 bits per heavy atom. The first-order valence-corrected chi connectivity index (χ1v) is 7.76. The van der Waals surface area contributed by atoms with Crippen molar-refractivity contribution >= 4 is 11.8 Å². The average molecular weight is 341 g/mol. The minimum atomic E-state index is -2.99. The van der Waals surface area contributed by atoms with Gasteiger partial charge in [0.2, 0.25) is 5.91 Å². The van der Waals surface area contributed by atoms with Crippen LogP contribution in [0.25, 0.3) is 0 Å². The topological polar surface area (TPSA) is 75.9 Å². The molecular formula is C16H21F2N3O3. The number of hydrogen-bond donors (Lipinski definition) is 1. The van der Waals surface area contributed by atoms with Gasteiger partial charge in [-0.15, -0.1) is 0 Å². The molecule has 1 aromatic rings. The number of para-hydroxylation sites is 1. The van der Waals surface area contributed by atoms with Crippen molar-refractivity contribution in [1.82, 2.24) is 9.80 Å². The second kappa shape index (κ2) is 8.05. The van der Waals surface area contributed by atoms with Gasteiger partial charge in [-0.3, -0.25) is 9.59 Å². The molecule has 1 aliphatic heterocycles. The Hall–Kier alpha value is -2.22. The molecule has 8 heteroatoms. The lowest BCUT2D eigenvalue weighted by Crippen LogP contribution is -2.52. The monoisotopic (exact) mass is 341 g/mol. The average Bonchev–Trinajstić information content (AvgIpc) is 2.60. The zero-order valence-electron chi connectivity index (χ0n) is 13.5. The Morgan fingerprint density at radius 1 is 1.17 bits per heavy atom. The number of alkyl halides is 2. The van der Waals surface area contributed by atoms with Gasteiger partial charge in [-0.25, -0.2) is 0 Å². The number of ether oxygens (including phenoxy) is 1. The highest BCUT2D eigenvalue weighted by atomic mass is 19.3. The minimum Gasteiger partial charge on any atom is -0.434 e. The van der Waals surface area contributed by atoms with Crippen LogP contribution in [0, 0.1) is 5.92 Å². The molecule has 0 aromatic heterocycles. The number of carbonyl (C=O) groups excluding carboxylic acids is 2. The van der Waals surface area contributed by atoms with Gasteiger partial charge in [-0.1, -0.05) is 19.1 Å². The van der Waals surface area contributed by atoms with Gasteiger partial charge < -0.3 is 20.3 Å². The van der Waals surface area contributed by atoms with Crippen molar-refractivity contribution in [3.63, 3.8) is 0 Å². The number of hydrogen-bond acceptors (Lipinski definition) is 4. The lowest BCUT2D eigenvalue weighted by molar-refractivity contribution is -0.136. The molecular weight excluding hydrogens is 320 g/mol. The SMILES string of the molecule is CC(CN)C(=O)N1CCN(C(=O)c2ccccc2OC(F)F)CC1. The van der Waals surface area contributed by atoms with Gasteiger partial charge in [0.05, 0.1) is 5.56 Å². The Balaban J connectivity index is 2.02. The second-order valence-electron chi connectivity index (χ2n) is 5.63. The van der Waals surface area contributed by atoms with Crippen LogP contribution in [0.4, 0.5) is 8.78 Å². The lowest BCUT2D eigenvalue weighted by Gasteiger charge is -2.36. The molecule has 2 rings (SSSR count). The third kappa shape index (κ3) is 4.19. The fourth-order valence-corrected chi connectivity index (χ4v) is 2.55. The molecule has 1 aromatic carbocycles. The highest BCUT2D eigenvalue weighted by Gasteiger charge is 2.28. The van der Waals surface area contributed by atoms with Gasteiger partial charge in [0.1, 0.15) is 5.75 Å². The van der Waals surface area contributed by atoms with E-state index in [1.165, 1.54) is 23.1 Å². The predicted octanol–water partition coefficient (Wildman–Crippen LogP) is 1.17. The molecule has 0 aliphatic carbocycles. The predicted molar refractivity (Wildman–Crippen MR) is 83.8 cm³/mol. The summed E-state index contributed by atoms with van der Waals surface area (Å²) < 4.78 is 29.3. The van der Waals surface area contributed by atoms with E-state index < -0.39 is 6.61 Å². The standard InChI is InChI=1S/C16H21F2N3O3/c1-11(10-19)14(22)20-6-8-21(9-7-20)15(23)12-4-2-3-5-13(12)24-16(17)18/h2-5,11,16H,6-10,19H2,1H3. The van der Waals surface area contributed by atoms with Crippen LogP contribution in [0.1, 0.15) is 17.3 Å².